The fourth-order valence-electron chi connectivity index (χ4n) is 6.81. The molecule has 4 fully saturated rings. The maximum atomic E-state index is 12.3. The molecule has 0 aliphatic carbocycles. The van der Waals surface area contributed by atoms with E-state index in [4.69, 9.17) is 38.9 Å². The lowest BCUT2D eigenvalue weighted by Crippen LogP contribution is -2.71. The maximum Gasteiger partial charge on any atom is 0.217 e. The van der Waals surface area contributed by atoms with Gasteiger partial charge in [0.1, 0.15) is 91.4 Å². The molecule has 15 N–H and O–H groups in total. The smallest absolute Gasteiger partial charge is 0.217 e. The van der Waals surface area contributed by atoms with Crippen LogP contribution in [0.15, 0.2) is 0 Å². The van der Waals surface area contributed by atoms with Gasteiger partial charge in [0.2, 0.25) is 17.7 Å². The van der Waals surface area contributed by atoms with Crippen LogP contribution in [0.4, 0.5) is 0 Å². The Morgan fingerprint density at radius 2 is 0.833 bits per heavy atom. The van der Waals surface area contributed by atoms with E-state index in [9.17, 15) is 65.4 Å². The summed E-state index contributed by atoms with van der Waals surface area (Å²) >= 11 is 0. The minimum absolute atomic E-state index is 0.655. The number of hydrogen-bond acceptors (Lipinski definition) is 21. The van der Waals surface area contributed by atoms with Crippen LogP contribution in [0.5, 0.6) is 0 Å². The fraction of sp³-hybridized carbons (Fsp3) is 0.900. The van der Waals surface area contributed by atoms with Crippen molar-refractivity contribution in [2.45, 2.75) is 143 Å². The lowest BCUT2D eigenvalue weighted by atomic mass is 9.93. The van der Waals surface area contributed by atoms with E-state index in [-0.39, 0.29) is 0 Å². The monoisotopic (exact) mass is 788 g/mol. The molecule has 3 amide bonds. The minimum Gasteiger partial charge on any atom is -0.394 e. The van der Waals surface area contributed by atoms with Gasteiger partial charge in [0.15, 0.2) is 25.2 Å². The van der Waals surface area contributed by atoms with Gasteiger partial charge < -0.3 is 106 Å². The molecule has 4 rings (SSSR count). The van der Waals surface area contributed by atoms with Crippen molar-refractivity contribution < 1.29 is 98.6 Å². The lowest BCUT2D eigenvalue weighted by molar-refractivity contribution is -0.361. The second kappa shape index (κ2) is 19.2. The Balaban J connectivity index is 1.59. The van der Waals surface area contributed by atoms with Gasteiger partial charge in [-0.3, -0.25) is 14.4 Å². The van der Waals surface area contributed by atoms with Crippen LogP contribution < -0.4 is 21.7 Å². The summed E-state index contributed by atoms with van der Waals surface area (Å²) in [5.41, 5.74) is 5.98. The molecule has 20 atom stereocenters. The van der Waals surface area contributed by atoms with E-state index in [0.29, 0.717) is 0 Å². The van der Waals surface area contributed by atoms with Gasteiger partial charge in [0, 0.05) is 20.8 Å². The van der Waals surface area contributed by atoms with Crippen LogP contribution in [0.1, 0.15) is 20.8 Å². The van der Waals surface area contributed by atoms with E-state index >= 15 is 0 Å². The van der Waals surface area contributed by atoms with Gasteiger partial charge in [-0.2, -0.15) is 0 Å². The second-order valence-corrected chi connectivity index (χ2v) is 13.4. The zero-order valence-corrected chi connectivity index (χ0v) is 29.5. The average Bonchev–Trinajstić information content (AvgIpc) is 3.12. The first-order chi connectivity index (χ1) is 25.5. The van der Waals surface area contributed by atoms with Crippen LogP contribution in [0.3, 0.4) is 0 Å². The largest absolute Gasteiger partial charge is 0.394 e. The third-order valence-electron chi connectivity index (χ3n) is 9.49. The highest BCUT2D eigenvalue weighted by atomic mass is 16.8. The molecular formula is C30H52N4O20. The number of nitrogens with one attached hydrogen (secondary N) is 3. The normalized spacial score (nSPS) is 45.7. The Morgan fingerprint density at radius 3 is 1.22 bits per heavy atom. The third kappa shape index (κ3) is 9.79. The molecule has 0 aromatic rings. The van der Waals surface area contributed by atoms with E-state index in [1.165, 1.54) is 0 Å². The molecule has 0 bridgehead atoms. The molecule has 4 saturated heterocycles. The molecule has 0 aromatic carbocycles. The van der Waals surface area contributed by atoms with Crippen molar-refractivity contribution >= 4 is 17.7 Å². The zero-order valence-electron chi connectivity index (χ0n) is 29.5. The van der Waals surface area contributed by atoms with E-state index in [1.807, 2.05) is 0 Å². The highest BCUT2D eigenvalue weighted by molar-refractivity contribution is 5.74. The topological polar surface area (TPSA) is 380 Å². The van der Waals surface area contributed by atoms with Gasteiger partial charge in [0.25, 0.3) is 0 Å². The Bertz CT molecular complexity index is 1260. The highest BCUT2D eigenvalue weighted by Gasteiger charge is 2.56. The molecule has 4 heterocycles. The standard InChI is InChI=1S/C30H52N4O20/c1-8(39)32-16-21(44)24(12(5-36)48-27(16)47)53-29-18(34-10(3)41)23(46)26(14(7-38)51-29)54-30-17(33-9(2)40)22(45)25(13(6-37)50-30)52-28-15(31)20(43)19(42)11(4-35)49-28/h11-30,35-38,42-47H,4-7,31H2,1-3H3,(H,32,39)(H,33,40)(H,34,41)/t11?,12-,13-,14?,15?,16?,17?,18?,19+,20-,21?,22?,23-,24-,25-,26+,27?,28+,29+,30-/m1/s1. The van der Waals surface area contributed by atoms with Crippen LogP contribution in [0, 0.1) is 0 Å². The number of carbonyl (C=O) groups is 3. The lowest BCUT2D eigenvalue weighted by Gasteiger charge is -2.50. The highest BCUT2D eigenvalue weighted by Crippen LogP contribution is 2.34. The first-order valence-corrected chi connectivity index (χ1v) is 17.1. The Hall–Kier alpha value is -2.31. The summed E-state index contributed by atoms with van der Waals surface area (Å²) in [5.74, 6) is -2.11. The van der Waals surface area contributed by atoms with Crippen LogP contribution >= 0.6 is 0 Å². The van der Waals surface area contributed by atoms with Crippen LogP contribution in [0.25, 0.3) is 0 Å². The van der Waals surface area contributed by atoms with Gasteiger partial charge >= 0.3 is 0 Å². The molecular weight excluding hydrogens is 736 g/mol. The maximum absolute atomic E-state index is 12.3. The molecule has 0 aromatic heterocycles. The molecule has 24 nitrogen and oxygen atoms in total. The summed E-state index contributed by atoms with van der Waals surface area (Å²) in [6.07, 6.45) is -26.1. The Morgan fingerprint density at radius 1 is 0.500 bits per heavy atom. The van der Waals surface area contributed by atoms with Crippen LogP contribution in [-0.2, 0) is 47.5 Å². The number of amides is 3. The first-order valence-electron chi connectivity index (χ1n) is 17.1. The van der Waals surface area contributed by atoms with Crippen molar-refractivity contribution in [2.24, 2.45) is 5.73 Å². The minimum atomic E-state index is -1.87. The van der Waals surface area contributed by atoms with E-state index in [2.05, 4.69) is 16.0 Å². The Kier molecular flexibility index (Phi) is 15.8. The van der Waals surface area contributed by atoms with Crippen molar-refractivity contribution in [3.05, 3.63) is 0 Å². The van der Waals surface area contributed by atoms with E-state index in [0.717, 1.165) is 20.8 Å². The number of carbonyl (C=O) groups excluding carboxylic acids is 3. The number of nitrogens with two attached hydrogens (primary N) is 1. The van der Waals surface area contributed by atoms with Gasteiger partial charge in [0.05, 0.1) is 32.5 Å². The number of ether oxygens (including phenoxy) is 7. The summed E-state index contributed by atoms with van der Waals surface area (Å²) in [5, 5.41) is 112. The summed E-state index contributed by atoms with van der Waals surface area (Å²) < 4.78 is 40.3. The number of aliphatic hydroxyl groups is 10. The molecule has 4 aliphatic rings. The summed E-state index contributed by atoms with van der Waals surface area (Å²) in [7, 11) is 0. The zero-order chi connectivity index (χ0) is 40.2. The quantitative estimate of drug-likeness (QED) is 0.0824. The first kappa shape index (κ1) is 44.4. The van der Waals surface area contributed by atoms with Crippen molar-refractivity contribution in [2.75, 3.05) is 26.4 Å². The van der Waals surface area contributed by atoms with Crippen LogP contribution in [-0.4, -0.2) is 218 Å². The predicted octanol–water partition coefficient (Wildman–Crippen LogP) is -9.35. The number of rotatable bonds is 13. The van der Waals surface area contributed by atoms with Gasteiger partial charge in [-0.15, -0.1) is 0 Å². The third-order valence-corrected chi connectivity index (χ3v) is 9.49. The van der Waals surface area contributed by atoms with Crippen molar-refractivity contribution in [3.63, 3.8) is 0 Å². The molecule has 0 radical (unpaired) electrons. The van der Waals surface area contributed by atoms with Crippen molar-refractivity contribution in [1.29, 1.82) is 0 Å². The molecule has 9 unspecified atom stereocenters. The van der Waals surface area contributed by atoms with Crippen molar-refractivity contribution in [1.82, 2.24) is 16.0 Å². The SMILES string of the molecule is CC(=O)NC1C(O)O[C@H](CO)[C@@H](O[C@@H]2OC(CO)[C@H](O[C@H]3O[C@H](CO)[C@@H](O[C@@H]4OC(CO)[C@H](O)[C@H](O)C4N)C(O)C3NC(C)=O)[C@H](O)C2NC(C)=O)C1O. The van der Waals surface area contributed by atoms with Crippen LogP contribution in [0.2, 0.25) is 0 Å². The van der Waals surface area contributed by atoms with E-state index < -0.39 is 167 Å². The molecule has 0 spiro atoms. The molecule has 54 heavy (non-hydrogen) atoms. The fourth-order valence-corrected chi connectivity index (χ4v) is 6.81. The van der Waals surface area contributed by atoms with Crippen molar-refractivity contribution in [3.8, 4) is 0 Å². The summed E-state index contributed by atoms with van der Waals surface area (Å²) in [6, 6.07) is -6.00. The van der Waals surface area contributed by atoms with Gasteiger partial charge in [-0.25, -0.2) is 0 Å². The molecule has 312 valence electrons. The summed E-state index contributed by atoms with van der Waals surface area (Å²) in [6.45, 7) is -0.0467. The average molecular weight is 789 g/mol. The second-order valence-electron chi connectivity index (χ2n) is 13.4. The van der Waals surface area contributed by atoms with Gasteiger partial charge in [-0.1, -0.05) is 0 Å². The number of hydrogen-bond donors (Lipinski definition) is 14. The van der Waals surface area contributed by atoms with E-state index in [1.54, 1.807) is 0 Å². The molecule has 24 heteroatoms. The predicted molar refractivity (Wildman–Crippen MR) is 171 cm³/mol. The van der Waals surface area contributed by atoms with Gasteiger partial charge in [-0.05, 0) is 0 Å². The molecule has 4 aliphatic heterocycles. The summed E-state index contributed by atoms with van der Waals surface area (Å²) in [4.78, 5) is 36.3. The number of aliphatic hydroxyl groups excluding tert-OH is 10. The molecule has 0 saturated carbocycles. The Labute approximate surface area is 308 Å².